The summed E-state index contributed by atoms with van der Waals surface area (Å²) < 4.78 is 5.33. The molecular formula is C23H22N2O3. The second-order valence-electron chi connectivity index (χ2n) is 7.02. The lowest BCUT2D eigenvalue weighted by atomic mass is 9.97. The molecule has 1 N–H and O–H groups in total. The van der Waals surface area contributed by atoms with Crippen LogP contribution in [0.1, 0.15) is 29.3 Å². The lowest BCUT2D eigenvalue weighted by Crippen LogP contribution is -2.36. The van der Waals surface area contributed by atoms with Crippen LogP contribution in [-0.4, -0.2) is 23.3 Å². The van der Waals surface area contributed by atoms with Gasteiger partial charge in [-0.2, -0.15) is 0 Å². The second kappa shape index (κ2) is 8.13. The zero-order valence-electron chi connectivity index (χ0n) is 15.5. The van der Waals surface area contributed by atoms with Crippen LogP contribution in [0.3, 0.4) is 0 Å². The minimum absolute atomic E-state index is 0.0208. The van der Waals surface area contributed by atoms with Gasteiger partial charge in [0.2, 0.25) is 11.8 Å². The minimum Gasteiger partial charge on any atom is -0.467 e. The first-order valence-corrected chi connectivity index (χ1v) is 9.41. The van der Waals surface area contributed by atoms with E-state index < -0.39 is 0 Å². The summed E-state index contributed by atoms with van der Waals surface area (Å²) in [6.07, 6.45) is 1.81. The summed E-state index contributed by atoms with van der Waals surface area (Å²) >= 11 is 0. The van der Waals surface area contributed by atoms with Crippen molar-refractivity contribution in [1.29, 1.82) is 0 Å². The number of furan rings is 1. The van der Waals surface area contributed by atoms with Crippen molar-refractivity contribution in [3.63, 3.8) is 0 Å². The minimum atomic E-state index is -0.364. The summed E-state index contributed by atoms with van der Waals surface area (Å²) in [7, 11) is 0. The fourth-order valence-corrected chi connectivity index (χ4v) is 3.60. The Hall–Kier alpha value is -3.34. The number of likely N-dealkylation sites (tertiary alicyclic amines) is 1. The lowest BCUT2D eigenvalue weighted by molar-refractivity contribution is -0.129. The number of nitrogens with zero attached hydrogens (tertiary/aromatic N) is 1. The van der Waals surface area contributed by atoms with Gasteiger partial charge in [-0.1, -0.05) is 60.7 Å². The summed E-state index contributed by atoms with van der Waals surface area (Å²) in [4.78, 5) is 27.0. The van der Waals surface area contributed by atoms with E-state index in [-0.39, 0.29) is 30.2 Å². The molecule has 3 aromatic rings. The molecule has 1 aliphatic rings. The molecule has 0 aliphatic carbocycles. The van der Waals surface area contributed by atoms with Crippen molar-refractivity contribution in [2.24, 2.45) is 5.92 Å². The van der Waals surface area contributed by atoms with Gasteiger partial charge in [0, 0.05) is 13.0 Å². The predicted octanol–water partition coefficient (Wildman–Crippen LogP) is 3.53. The number of nitrogens with one attached hydrogen (secondary N) is 1. The molecule has 2 heterocycles. The quantitative estimate of drug-likeness (QED) is 0.718. The first-order chi connectivity index (χ1) is 13.7. The maximum Gasteiger partial charge on any atom is 0.226 e. The molecule has 1 saturated heterocycles. The highest BCUT2D eigenvalue weighted by molar-refractivity contribution is 5.89. The van der Waals surface area contributed by atoms with Gasteiger partial charge < -0.3 is 14.6 Å². The van der Waals surface area contributed by atoms with Crippen molar-refractivity contribution in [2.75, 3.05) is 6.54 Å². The molecule has 0 unspecified atom stereocenters. The monoisotopic (exact) mass is 374 g/mol. The van der Waals surface area contributed by atoms with E-state index >= 15 is 0 Å². The van der Waals surface area contributed by atoms with Crippen molar-refractivity contribution in [2.45, 2.75) is 19.0 Å². The zero-order valence-corrected chi connectivity index (χ0v) is 15.5. The van der Waals surface area contributed by atoms with Gasteiger partial charge >= 0.3 is 0 Å². The van der Waals surface area contributed by atoms with E-state index in [1.165, 1.54) is 0 Å². The summed E-state index contributed by atoms with van der Waals surface area (Å²) in [6, 6.07) is 23.1. The van der Waals surface area contributed by atoms with Crippen LogP contribution in [0, 0.1) is 5.92 Å². The molecule has 1 aliphatic heterocycles. The first kappa shape index (κ1) is 18.0. The second-order valence-corrected chi connectivity index (χ2v) is 7.02. The lowest BCUT2D eigenvalue weighted by Gasteiger charge is -2.22. The fraction of sp³-hybridized carbons (Fsp3) is 0.217. The van der Waals surface area contributed by atoms with E-state index in [0.717, 1.165) is 16.9 Å². The molecule has 0 saturated carbocycles. The first-order valence-electron chi connectivity index (χ1n) is 9.41. The van der Waals surface area contributed by atoms with Gasteiger partial charge in [-0.25, -0.2) is 0 Å². The number of benzene rings is 2. The SMILES string of the molecule is O=C(NC(c1ccccc1)c1ccccc1)[C@@H]1CC(=O)N(Cc2ccco2)C1. The molecule has 28 heavy (non-hydrogen) atoms. The van der Waals surface area contributed by atoms with Crippen LogP contribution in [0.2, 0.25) is 0 Å². The molecule has 5 nitrogen and oxygen atoms in total. The molecule has 0 bridgehead atoms. The molecule has 1 atom stereocenters. The highest BCUT2D eigenvalue weighted by Crippen LogP contribution is 2.25. The van der Waals surface area contributed by atoms with Crippen LogP contribution in [0.25, 0.3) is 0 Å². The molecule has 142 valence electrons. The predicted molar refractivity (Wildman–Crippen MR) is 105 cm³/mol. The van der Waals surface area contributed by atoms with Crippen molar-refractivity contribution in [3.05, 3.63) is 95.9 Å². The Labute approximate surface area is 164 Å². The van der Waals surface area contributed by atoms with Crippen molar-refractivity contribution >= 4 is 11.8 Å². The van der Waals surface area contributed by atoms with Gasteiger partial charge in [0.15, 0.2) is 0 Å². The molecule has 0 radical (unpaired) electrons. The summed E-state index contributed by atoms with van der Waals surface area (Å²) in [5.74, 6) is 0.235. The van der Waals surface area contributed by atoms with E-state index in [0.29, 0.717) is 13.1 Å². The average molecular weight is 374 g/mol. The van der Waals surface area contributed by atoms with Gasteiger partial charge in [-0.15, -0.1) is 0 Å². The third kappa shape index (κ3) is 3.98. The molecule has 5 heteroatoms. The largest absolute Gasteiger partial charge is 0.467 e. The molecule has 4 rings (SSSR count). The molecular weight excluding hydrogens is 352 g/mol. The van der Waals surface area contributed by atoms with Crippen LogP contribution in [0.15, 0.2) is 83.5 Å². The normalized spacial score (nSPS) is 16.5. The summed E-state index contributed by atoms with van der Waals surface area (Å²) in [6.45, 7) is 0.804. The van der Waals surface area contributed by atoms with Crippen molar-refractivity contribution < 1.29 is 14.0 Å². The Morgan fingerprint density at radius 1 is 1.00 bits per heavy atom. The number of amides is 2. The van der Waals surface area contributed by atoms with Crippen LogP contribution < -0.4 is 5.32 Å². The Morgan fingerprint density at radius 2 is 1.64 bits per heavy atom. The standard InChI is InChI=1S/C23H22N2O3/c26-21-14-19(15-25(21)16-20-12-7-13-28-20)23(27)24-22(17-8-3-1-4-9-17)18-10-5-2-6-11-18/h1-13,19,22H,14-16H2,(H,24,27)/t19-/m1/s1. The number of rotatable bonds is 6. The van der Waals surface area contributed by atoms with Crippen LogP contribution in [0.5, 0.6) is 0 Å². The Kier molecular flexibility index (Phi) is 5.24. The van der Waals surface area contributed by atoms with Gasteiger partial charge in [0.25, 0.3) is 0 Å². The zero-order chi connectivity index (χ0) is 19.3. The Balaban J connectivity index is 1.48. The van der Waals surface area contributed by atoms with E-state index in [9.17, 15) is 9.59 Å². The molecule has 1 aromatic heterocycles. The average Bonchev–Trinajstić information content (AvgIpc) is 3.38. The summed E-state index contributed by atoms with van der Waals surface area (Å²) in [5.41, 5.74) is 2.03. The Bertz CT molecular complexity index is 884. The molecule has 1 fully saturated rings. The van der Waals surface area contributed by atoms with Crippen LogP contribution in [-0.2, 0) is 16.1 Å². The van der Waals surface area contributed by atoms with E-state index in [4.69, 9.17) is 4.42 Å². The number of carbonyl (C=O) groups excluding carboxylic acids is 2. The van der Waals surface area contributed by atoms with E-state index in [2.05, 4.69) is 5.32 Å². The highest BCUT2D eigenvalue weighted by Gasteiger charge is 2.35. The third-order valence-corrected chi connectivity index (χ3v) is 5.06. The van der Waals surface area contributed by atoms with Gasteiger partial charge in [-0.05, 0) is 23.3 Å². The maximum absolute atomic E-state index is 13.0. The van der Waals surface area contributed by atoms with E-state index in [1.54, 1.807) is 17.2 Å². The highest BCUT2D eigenvalue weighted by atomic mass is 16.3. The number of hydrogen-bond donors (Lipinski definition) is 1. The molecule has 0 spiro atoms. The number of carbonyl (C=O) groups is 2. The molecule has 2 aromatic carbocycles. The van der Waals surface area contributed by atoms with Gasteiger partial charge in [0.05, 0.1) is 24.8 Å². The third-order valence-electron chi connectivity index (χ3n) is 5.06. The van der Waals surface area contributed by atoms with Crippen molar-refractivity contribution in [3.8, 4) is 0 Å². The van der Waals surface area contributed by atoms with Crippen LogP contribution >= 0.6 is 0 Å². The fourth-order valence-electron chi connectivity index (χ4n) is 3.60. The van der Waals surface area contributed by atoms with Crippen LogP contribution in [0.4, 0.5) is 0 Å². The topological polar surface area (TPSA) is 62.6 Å². The van der Waals surface area contributed by atoms with E-state index in [1.807, 2.05) is 66.7 Å². The number of hydrogen-bond acceptors (Lipinski definition) is 3. The van der Waals surface area contributed by atoms with Gasteiger partial charge in [-0.3, -0.25) is 9.59 Å². The summed E-state index contributed by atoms with van der Waals surface area (Å²) in [5, 5.41) is 3.15. The smallest absolute Gasteiger partial charge is 0.226 e. The van der Waals surface area contributed by atoms with Gasteiger partial charge in [0.1, 0.15) is 5.76 Å². The Morgan fingerprint density at radius 3 is 2.21 bits per heavy atom. The maximum atomic E-state index is 13.0. The molecule has 2 amide bonds. The van der Waals surface area contributed by atoms with Crippen molar-refractivity contribution in [1.82, 2.24) is 10.2 Å².